The van der Waals surface area contributed by atoms with E-state index in [0.29, 0.717) is 12.2 Å². The lowest BCUT2D eigenvalue weighted by atomic mass is 10.1. The Balaban J connectivity index is 2.81. The molecule has 0 heterocycles. The average Bonchev–Trinajstić information content (AvgIpc) is 2.44. The molecule has 0 atom stereocenters. The molecule has 0 aliphatic carbocycles. The Morgan fingerprint density at radius 1 is 1.33 bits per heavy atom. The van der Waals surface area contributed by atoms with E-state index >= 15 is 0 Å². The van der Waals surface area contributed by atoms with Crippen molar-refractivity contribution in [1.29, 1.82) is 0 Å². The van der Waals surface area contributed by atoms with Crippen molar-refractivity contribution >= 4 is 21.6 Å². The lowest BCUT2D eigenvalue weighted by Crippen LogP contribution is -2.34. The number of benzene rings is 1. The Kier molecular flexibility index (Phi) is 6.42. The molecule has 1 N–H and O–H groups in total. The van der Waals surface area contributed by atoms with Crippen LogP contribution in [-0.2, 0) is 21.2 Å². The van der Waals surface area contributed by atoms with Crippen molar-refractivity contribution in [2.24, 2.45) is 0 Å². The van der Waals surface area contributed by atoms with Gasteiger partial charge in [0.05, 0.1) is 11.9 Å². The lowest BCUT2D eigenvalue weighted by Gasteiger charge is -2.22. The minimum atomic E-state index is -3.42. The predicted molar refractivity (Wildman–Crippen MR) is 85.8 cm³/mol. The maximum absolute atomic E-state index is 11.9. The van der Waals surface area contributed by atoms with E-state index in [1.807, 2.05) is 19.1 Å². The van der Waals surface area contributed by atoms with E-state index in [2.05, 4.69) is 11.9 Å². The molecule has 0 fully saturated rings. The highest BCUT2D eigenvalue weighted by Gasteiger charge is 2.18. The van der Waals surface area contributed by atoms with Gasteiger partial charge in [-0.3, -0.25) is 9.10 Å². The molecule has 0 unspecified atom stereocenters. The molecule has 0 radical (unpaired) electrons. The van der Waals surface area contributed by atoms with Crippen molar-refractivity contribution in [3.8, 4) is 0 Å². The summed E-state index contributed by atoms with van der Waals surface area (Å²) in [6.45, 7) is 6.04. The molecule has 0 aromatic heterocycles. The van der Waals surface area contributed by atoms with Gasteiger partial charge in [-0.2, -0.15) is 0 Å². The van der Waals surface area contributed by atoms with Crippen molar-refractivity contribution in [3.63, 3.8) is 0 Å². The van der Waals surface area contributed by atoms with E-state index in [-0.39, 0.29) is 18.9 Å². The van der Waals surface area contributed by atoms with Crippen LogP contribution in [0, 0.1) is 0 Å². The highest BCUT2D eigenvalue weighted by molar-refractivity contribution is 7.92. The second-order valence-corrected chi connectivity index (χ2v) is 6.60. The second kappa shape index (κ2) is 7.83. The van der Waals surface area contributed by atoms with E-state index in [1.165, 1.54) is 4.31 Å². The normalized spacial score (nSPS) is 11.0. The van der Waals surface area contributed by atoms with Gasteiger partial charge in [-0.1, -0.05) is 25.1 Å². The summed E-state index contributed by atoms with van der Waals surface area (Å²) in [5.74, 6) is -0.200. The minimum Gasteiger partial charge on any atom is -0.353 e. The summed E-state index contributed by atoms with van der Waals surface area (Å²) in [7, 11) is -3.42. The number of carbonyl (C=O) groups is 1. The second-order valence-electron chi connectivity index (χ2n) is 4.70. The summed E-state index contributed by atoms with van der Waals surface area (Å²) in [4.78, 5) is 11.6. The summed E-state index contributed by atoms with van der Waals surface area (Å²) in [5, 5.41) is 2.63. The number of rotatable bonds is 8. The highest BCUT2D eigenvalue weighted by atomic mass is 32.2. The topological polar surface area (TPSA) is 66.5 Å². The molecule has 0 aliphatic heterocycles. The van der Waals surface area contributed by atoms with Crippen molar-refractivity contribution in [1.82, 2.24) is 5.32 Å². The summed E-state index contributed by atoms with van der Waals surface area (Å²) < 4.78 is 25.0. The maximum Gasteiger partial charge on any atom is 0.232 e. The number of amides is 1. The number of nitrogens with one attached hydrogen (secondary N) is 1. The van der Waals surface area contributed by atoms with E-state index in [4.69, 9.17) is 0 Å². The number of aryl methyl sites for hydroxylation is 1. The van der Waals surface area contributed by atoms with Gasteiger partial charge >= 0.3 is 0 Å². The van der Waals surface area contributed by atoms with Crippen LogP contribution in [-0.4, -0.2) is 33.7 Å². The van der Waals surface area contributed by atoms with Crippen LogP contribution in [0.2, 0.25) is 0 Å². The Morgan fingerprint density at radius 2 is 1.95 bits per heavy atom. The van der Waals surface area contributed by atoms with Gasteiger partial charge in [-0.25, -0.2) is 8.42 Å². The molecule has 1 amide bonds. The molecule has 0 saturated heterocycles. The standard InChI is InChI=1S/C15H22N2O3S/c1-4-11-16-15(18)10-12-17(21(3,19)20)14-8-6-13(5-2)7-9-14/h4,6-9H,1,5,10-12H2,2-3H3,(H,16,18). The van der Waals surface area contributed by atoms with Crippen molar-refractivity contribution < 1.29 is 13.2 Å². The van der Waals surface area contributed by atoms with Gasteiger partial charge in [0.2, 0.25) is 15.9 Å². The molecule has 0 aliphatic rings. The van der Waals surface area contributed by atoms with Crippen LogP contribution in [0.1, 0.15) is 18.9 Å². The van der Waals surface area contributed by atoms with Crippen LogP contribution in [0.25, 0.3) is 0 Å². The lowest BCUT2D eigenvalue weighted by molar-refractivity contribution is -0.120. The zero-order valence-electron chi connectivity index (χ0n) is 12.5. The number of nitrogens with zero attached hydrogens (tertiary/aromatic N) is 1. The predicted octanol–water partition coefficient (Wildman–Crippen LogP) is 1.71. The first kappa shape index (κ1) is 17.2. The summed E-state index contributed by atoms with van der Waals surface area (Å²) in [6.07, 6.45) is 3.72. The molecule has 6 heteroatoms. The monoisotopic (exact) mass is 310 g/mol. The zero-order valence-corrected chi connectivity index (χ0v) is 13.3. The molecule has 1 aromatic carbocycles. The smallest absolute Gasteiger partial charge is 0.232 e. The Morgan fingerprint density at radius 3 is 2.43 bits per heavy atom. The maximum atomic E-state index is 11.9. The van der Waals surface area contributed by atoms with Crippen LogP contribution in [0.4, 0.5) is 5.69 Å². The molecule has 1 aromatic rings. The third-order valence-corrected chi connectivity index (χ3v) is 4.21. The molecule has 0 saturated carbocycles. The SMILES string of the molecule is C=CCNC(=O)CCN(c1ccc(CC)cc1)S(C)(=O)=O. The Bertz CT molecular complexity index is 579. The third kappa shape index (κ3) is 5.59. The van der Waals surface area contributed by atoms with Crippen molar-refractivity contribution in [2.45, 2.75) is 19.8 Å². The van der Waals surface area contributed by atoms with Gasteiger partial charge in [0.25, 0.3) is 0 Å². The van der Waals surface area contributed by atoms with Gasteiger partial charge in [0.15, 0.2) is 0 Å². The van der Waals surface area contributed by atoms with Gasteiger partial charge in [-0.15, -0.1) is 6.58 Å². The summed E-state index contributed by atoms with van der Waals surface area (Å²) >= 11 is 0. The third-order valence-electron chi connectivity index (χ3n) is 3.02. The van der Waals surface area contributed by atoms with Crippen LogP contribution in [0.5, 0.6) is 0 Å². The van der Waals surface area contributed by atoms with Gasteiger partial charge < -0.3 is 5.32 Å². The highest BCUT2D eigenvalue weighted by Crippen LogP contribution is 2.18. The molecule has 5 nitrogen and oxygen atoms in total. The van der Waals surface area contributed by atoms with Gasteiger partial charge in [0, 0.05) is 19.5 Å². The van der Waals surface area contributed by atoms with Crippen LogP contribution >= 0.6 is 0 Å². The largest absolute Gasteiger partial charge is 0.353 e. The zero-order chi connectivity index (χ0) is 15.9. The number of carbonyl (C=O) groups excluding carboxylic acids is 1. The molecule has 0 spiro atoms. The minimum absolute atomic E-state index is 0.108. The van der Waals surface area contributed by atoms with Crippen LogP contribution in [0.15, 0.2) is 36.9 Å². The quantitative estimate of drug-likeness (QED) is 0.743. The first-order valence-corrected chi connectivity index (χ1v) is 8.67. The molecule has 1 rings (SSSR count). The molecule has 116 valence electrons. The molecular formula is C15H22N2O3S. The molecular weight excluding hydrogens is 288 g/mol. The number of hydrogen-bond donors (Lipinski definition) is 1. The van der Waals surface area contributed by atoms with E-state index in [9.17, 15) is 13.2 Å². The van der Waals surface area contributed by atoms with Crippen molar-refractivity contribution in [2.75, 3.05) is 23.7 Å². The summed E-state index contributed by atoms with van der Waals surface area (Å²) in [6, 6.07) is 7.32. The fourth-order valence-corrected chi connectivity index (χ4v) is 2.79. The molecule has 0 bridgehead atoms. The first-order valence-electron chi connectivity index (χ1n) is 6.82. The van der Waals surface area contributed by atoms with E-state index in [0.717, 1.165) is 18.2 Å². The summed E-state index contributed by atoms with van der Waals surface area (Å²) in [5.41, 5.74) is 1.71. The number of sulfonamides is 1. The van der Waals surface area contributed by atoms with Gasteiger partial charge in [-0.05, 0) is 24.1 Å². The fourth-order valence-electron chi connectivity index (χ4n) is 1.86. The molecule has 21 heavy (non-hydrogen) atoms. The Labute approximate surface area is 126 Å². The van der Waals surface area contributed by atoms with Crippen LogP contribution in [0.3, 0.4) is 0 Å². The van der Waals surface area contributed by atoms with Crippen LogP contribution < -0.4 is 9.62 Å². The number of anilines is 1. The van der Waals surface area contributed by atoms with Crippen molar-refractivity contribution in [3.05, 3.63) is 42.5 Å². The Hall–Kier alpha value is -1.82. The average molecular weight is 310 g/mol. The van der Waals surface area contributed by atoms with Gasteiger partial charge in [0.1, 0.15) is 0 Å². The van der Waals surface area contributed by atoms with E-state index in [1.54, 1.807) is 18.2 Å². The van der Waals surface area contributed by atoms with E-state index < -0.39 is 10.0 Å². The number of hydrogen-bond acceptors (Lipinski definition) is 3. The first-order chi connectivity index (χ1) is 9.88. The fraction of sp³-hybridized carbons (Fsp3) is 0.400.